The lowest BCUT2D eigenvalue weighted by molar-refractivity contribution is -0.907. The fraction of sp³-hybridized carbons (Fsp3) is 0.458. The van der Waals surface area contributed by atoms with Gasteiger partial charge in [0.1, 0.15) is 0 Å². The number of carbonyl (C=O) groups excluding carboxylic acids is 1. The minimum absolute atomic E-state index is 0.0171. The topological polar surface area (TPSA) is 85.6 Å². The van der Waals surface area contributed by atoms with Gasteiger partial charge in [-0.3, -0.25) is 4.79 Å². The number of amides is 1. The largest absolute Gasteiger partial charge is 0.459 e. The van der Waals surface area contributed by atoms with Crippen molar-refractivity contribution in [2.24, 2.45) is 0 Å². The predicted octanol–water partition coefficient (Wildman–Crippen LogP) is 2.88. The van der Waals surface area contributed by atoms with Crippen molar-refractivity contribution in [1.82, 2.24) is 15.5 Å². The van der Waals surface area contributed by atoms with E-state index in [1.807, 2.05) is 0 Å². The molecule has 0 radical (unpaired) electrons. The van der Waals surface area contributed by atoms with Gasteiger partial charge < -0.3 is 19.1 Å². The van der Waals surface area contributed by atoms with Gasteiger partial charge in [-0.05, 0) is 67.9 Å². The maximum absolute atomic E-state index is 12.8. The smallest absolute Gasteiger partial charge is 0.283 e. The number of hydrogen-bond acceptors (Lipinski definition) is 5. The minimum Gasteiger partial charge on any atom is -0.459 e. The Morgan fingerprint density at radius 3 is 2.81 bits per heavy atom. The van der Waals surface area contributed by atoms with Gasteiger partial charge in [-0.2, -0.15) is 0 Å². The molecule has 2 N–H and O–H groups in total. The monoisotopic (exact) mass is 423 g/mol. The summed E-state index contributed by atoms with van der Waals surface area (Å²) in [4.78, 5) is 13.9. The van der Waals surface area contributed by atoms with Gasteiger partial charge in [-0.25, -0.2) is 0 Å². The van der Waals surface area contributed by atoms with Crippen molar-refractivity contribution in [3.05, 3.63) is 59.2 Å². The molecular formula is C24H31N4O3+. The molecule has 31 heavy (non-hydrogen) atoms. The summed E-state index contributed by atoms with van der Waals surface area (Å²) in [6.45, 7) is 5.87. The number of aromatic nitrogens is 2. The molecule has 7 nitrogen and oxygen atoms in total. The van der Waals surface area contributed by atoms with Crippen LogP contribution in [0.15, 0.2) is 45.4 Å². The Morgan fingerprint density at radius 1 is 1.19 bits per heavy atom. The van der Waals surface area contributed by atoms with Crippen LogP contribution in [0.3, 0.4) is 0 Å². The molecule has 7 heteroatoms. The second-order valence-corrected chi connectivity index (χ2v) is 8.36. The SMILES string of the molecule is CCC[NH+](CC(=O)N[C@H](C)c1ccc2c(c1)CCCC2)Cc1nnc(-c2ccco2)o1. The number of furan rings is 1. The molecule has 1 aliphatic carbocycles. The summed E-state index contributed by atoms with van der Waals surface area (Å²) in [5, 5.41) is 11.3. The molecule has 2 aromatic heterocycles. The summed E-state index contributed by atoms with van der Waals surface area (Å²) in [6.07, 6.45) is 7.37. The summed E-state index contributed by atoms with van der Waals surface area (Å²) < 4.78 is 11.0. The van der Waals surface area contributed by atoms with E-state index in [0.717, 1.165) is 24.3 Å². The molecule has 4 rings (SSSR count). The zero-order valence-electron chi connectivity index (χ0n) is 18.3. The molecule has 1 aliphatic rings. The third kappa shape index (κ3) is 5.41. The highest BCUT2D eigenvalue weighted by Crippen LogP contribution is 2.24. The van der Waals surface area contributed by atoms with Gasteiger partial charge >= 0.3 is 0 Å². The molecule has 0 saturated carbocycles. The fourth-order valence-corrected chi connectivity index (χ4v) is 4.26. The first kappa shape index (κ1) is 21.3. The number of fused-ring (bicyclic) bond motifs is 1. The van der Waals surface area contributed by atoms with E-state index in [1.165, 1.54) is 36.0 Å². The maximum Gasteiger partial charge on any atom is 0.283 e. The molecule has 164 valence electrons. The summed E-state index contributed by atoms with van der Waals surface area (Å²) in [5.74, 6) is 1.44. The van der Waals surface area contributed by atoms with Crippen LogP contribution in [0.1, 0.15) is 61.7 Å². The number of nitrogens with one attached hydrogen (secondary N) is 2. The normalized spacial score (nSPS) is 15.3. The standard InChI is InChI=1S/C24H30N4O3/c1-3-12-28(16-23-26-27-24(31-23)21-9-6-13-30-21)15-22(29)25-17(2)19-11-10-18-7-4-5-8-20(18)14-19/h6,9-11,13-14,17H,3-5,7-8,12,15-16H2,1-2H3,(H,25,29)/p+1/t17-/m1/s1. The average Bonchev–Trinajstić information content (AvgIpc) is 3.45. The Morgan fingerprint density at radius 2 is 2.03 bits per heavy atom. The number of carbonyl (C=O) groups is 1. The summed E-state index contributed by atoms with van der Waals surface area (Å²) in [7, 11) is 0. The Bertz CT molecular complexity index is 996. The van der Waals surface area contributed by atoms with Gasteiger partial charge in [0.15, 0.2) is 18.8 Å². The lowest BCUT2D eigenvalue weighted by atomic mass is 9.89. The molecule has 0 aliphatic heterocycles. The van der Waals surface area contributed by atoms with Crippen molar-refractivity contribution in [3.8, 4) is 11.7 Å². The van der Waals surface area contributed by atoms with Crippen molar-refractivity contribution < 1.29 is 18.5 Å². The van der Waals surface area contributed by atoms with E-state index in [0.29, 0.717) is 30.6 Å². The van der Waals surface area contributed by atoms with E-state index in [4.69, 9.17) is 8.83 Å². The Labute approximate surface area is 182 Å². The highest BCUT2D eigenvalue weighted by Gasteiger charge is 2.21. The highest BCUT2D eigenvalue weighted by molar-refractivity contribution is 5.77. The van der Waals surface area contributed by atoms with Crippen LogP contribution in [0, 0.1) is 0 Å². The summed E-state index contributed by atoms with van der Waals surface area (Å²) in [5.41, 5.74) is 4.07. The van der Waals surface area contributed by atoms with Crippen molar-refractivity contribution >= 4 is 5.91 Å². The second-order valence-electron chi connectivity index (χ2n) is 8.36. The van der Waals surface area contributed by atoms with Crippen LogP contribution in [0.4, 0.5) is 0 Å². The molecule has 2 heterocycles. The number of aryl methyl sites for hydroxylation is 2. The quantitative estimate of drug-likeness (QED) is 0.553. The van der Waals surface area contributed by atoms with E-state index in [-0.39, 0.29) is 11.9 Å². The first-order valence-corrected chi connectivity index (χ1v) is 11.2. The van der Waals surface area contributed by atoms with E-state index in [2.05, 4.69) is 47.6 Å². The van der Waals surface area contributed by atoms with Crippen LogP contribution in [0.5, 0.6) is 0 Å². The van der Waals surface area contributed by atoms with E-state index < -0.39 is 0 Å². The summed E-state index contributed by atoms with van der Waals surface area (Å²) in [6, 6.07) is 10.2. The molecule has 0 bridgehead atoms. The molecule has 0 saturated heterocycles. The number of benzene rings is 1. The highest BCUT2D eigenvalue weighted by atomic mass is 16.4. The van der Waals surface area contributed by atoms with Crippen LogP contribution < -0.4 is 10.2 Å². The first-order chi connectivity index (χ1) is 15.1. The van der Waals surface area contributed by atoms with Crippen LogP contribution in [0.25, 0.3) is 11.7 Å². The molecular weight excluding hydrogens is 392 g/mol. The Balaban J connectivity index is 1.35. The molecule has 1 amide bonds. The summed E-state index contributed by atoms with van der Waals surface area (Å²) >= 11 is 0. The zero-order chi connectivity index (χ0) is 21.6. The average molecular weight is 424 g/mol. The van der Waals surface area contributed by atoms with Crippen LogP contribution in [-0.4, -0.2) is 29.2 Å². The molecule has 2 atom stereocenters. The van der Waals surface area contributed by atoms with Crippen molar-refractivity contribution in [2.75, 3.05) is 13.1 Å². The van der Waals surface area contributed by atoms with Gasteiger partial charge in [-0.1, -0.05) is 25.1 Å². The van der Waals surface area contributed by atoms with Crippen molar-refractivity contribution in [2.45, 2.75) is 58.5 Å². The van der Waals surface area contributed by atoms with Gasteiger partial charge in [0, 0.05) is 0 Å². The third-order valence-electron chi connectivity index (χ3n) is 5.86. The number of hydrogen-bond donors (Lipinski definition) is 2. The molecule has 3 aromatic rings. The van der Waals surface area contributed by atoms with E-state index >= 15 is 0 Å². The van der Waals surface area contributed by atoms with Crippen LogP contribution in [0.2, 0.25) is 0 Å². The van der Waals surface area contributed by atoms with Crippen LogP contribution >= 0.6 is 0 Å². The minimum atomic E-state index is -0.0171. The van der Waals surface area contributed by atoms with Crippen molar-refractivity contribution in [3.63, 3.8) is 0 Å². The lowest BCUT2D eigenvalue weighted by Crippen LogP contribution is -3.12. The Hall–Kier alpha value is -2.93. The molecule has 1 aromatic carbocycles. The van der Waals surface area contributed by atoms with Gasteiger partial charge in [0.05, 0.1) is 18.8 Å². The number of nitrogens with zero attached hydrogens (tertiary/aromatic N) is 2. The second kappa shape index (κ2) is 9.92. The van der Waals surface area contributed by atoms with Gasteiger partial charge in [-0.15, -0.1) is 10.2 Å². The van der Waals surface area contributed by atoms with E-state index in [1.54, 1.807) is 18.4 Å². The lowest BCUT2D eigenvalue weighted by Gasteiger charge is -2.21. The fourth-order valence-electron chi connectivity index (χ4n) is 4.26. The van der Waals surface area contributed by atoms with Gasteiger partial charge in [0.25, 0.3) is 17.7 Å². The van der Waals surface area contributed by atoms with Gasteiger partial charge in [0.2, 0.25) is 0 Å². The molecule has 1 unspecified atom stereocenters. The maximum atomic E-state index is 12.8. The van der Waals surface area contributed by atoms with E-state index in [9.17, 15) is 4.79 Å². The van der Waals surface area contributed by atoms with Crippen molar-refractivity contribution in [1.29, 1.82) is 0 Å². The Kier molecular flexibility index (Phi) is 6.82. The number of rotatable bonds is 9. The van der Waals surface area contributed by atoms with Crippen LogP contribution in [-0.2, 0) is 24.2 Å². The molecule has 0 fully saturated rings. The predicted molar refractivity (Wildman–Crippen MR) is 116 cm³/mol. The zero-order valence-corrected chi connectivity index (χ0v) is 18.3. The first-order valence-electron chi connectivity index (χ1n) is 11.2. The third-order valence-corrected chi connectivity index (χ3v) is 5.86. The molecule has 0 spiro atoms. The number of quaternary nitrogens is 1.